The van der Waals surface area contributed by atoms with Gasteiger partial charge in [-0.25, -0.2) is 0 Å². The summed E-state index contributed by atoms with van der Waals surface area (Å²) in [4.78, 5) is 15.9. The zero-order chi connectivity index (χ0) is 10.6. The number of carbonyl (C=O) groups excluding carboxylic acids is 1. The van der Waals surface area contributed by atoms with E-state index in [1.807, 2.05) is 11.8 Å². The molecule has 1 unspecified atom stereocenters. The number of hydrogen-bond donors (Lipinski definition) is 0. The minimum atomic E-state index is 0.305. The van der Waals surface area contributed by atoms with E-state index in [1.54, 1.807) is 0 Å². The Morgan fingerprint density at radius 2 is 2.00 bits per heavy atom. The average Bonchev–Trinajstić information content (AvgIpc) is 2.68. The van der Waals surface area contributed by atoms with Crippen LogP contribution in [-0.4, -0.2) is 47.9 Å². The summed E-state index contributed by atoms with van der Waals surface area (Å²) in [6.45, 7) is 10.4. The van der Waals surface area contributed by atoms with Crippen LogP contribution in [0.25, 0.3) is 0 Å². The maximum atomic E-state index is 11.5. The fraction of sp³-hybridized carbons (Fsp3) is 0.909. The van der Waals surface area contributed by atoms with Gasteiger partial charge in [-0.1, -0.05) is 20.8 Å². The van der Waals surface area contributed by atoms with Crippen molar-refractivity contribution in [2.24, 2.45) is 0 Å². The number of likely N-dealkylation sites (tertiary alicyclic amines) is 1. The van der Waals surface area contributed by atoms with Gasteiger partial charge in [0, 0.05) is 25.6 Å². The Kier molecular flexibility index (Phi) is 4.39. The van der Waals surface area contributed by atoms with E-state index in [2.05, 4.69) is 18.7 Å². The van der Waals surface area contributed by atoms with E-state index in [0.29, 0.717) is 18.4 Å². The molecule has 0 aromatic rings. The first kappa shape index (κ1) is 11.5. The Balaban J connectivity index is 2.43. The third-order valence-corrected chi connectivity index (χ3v) is 3.15. The molecule has 3 heteroatoms. The normalized spacial score (nSPS) is 22.0. The van der Waals surface area contributed by atoms with Gasteiger partial charge in [0.1, 0.15) is 0 Å². The van der Waals surface area contributed by atoms with Gasteiger partial charge < -0.3 is 4.90 Å². The summed E-state index contributed by atoms with van der Waals surface area (Å²) < 4.78 is 0. The molecule has 0 aromatic heterocycles. The van der Waals surface area contributed by atoms with Gasteiger partial charge in [-0.05, 0) is 19.5 Å². The average molecular weight is 198 g/mol. The number of amides is 1. The predicted octanol–water partition coefficient (Wildman–Crippen LogP) is 1.34. The first-order valence-electron chi connectivity index (χ1n) is 5.74. The van der Waals surface area contributed by atoms with E-state index >= 15 is 0 Å². The lowest BCUT2D eigenvalue weighted by Crippen LogP contribution is -2.38. The van der Waals surface area contributed by atoms with Crippen LogP contribution in [0.3, 0.4) is 0 Å². The molecule has 1 heterocycles. The highest BCUT2D eigenvalue weighted by Crippen LogP contribution is 2.15. The van der Waals surface area contributed by atoms with Gasteiger partial charge in [-0.2, -0.15) is 0 Å². The van der Waals surface area contributed by atoms with Crippen molar-refractivity contribution < 1.29 is 4.79 Å². The van der Waals surface area contributed by atoms with Gasteiger partial charge in [0.25, 0.3) is 0 Å². The second-order valence-electron chi connectivity index (χ2n) is 3.86. The van der Waals surface area contributed by atoms with Gasteiger partial charge in [-0.3, -0.25) is 9.69 Å². The highest BCUT2D eigenvalue weighted by molar-refractivity contribution is 5.76. The molecule has 1 aliphatic rings. The Morgan fingerprint density at radius 3 is 2.50 bits per heavy atom. The second-order valence-corrected chi connectivity index (χ2v) is 3.86. The van der Waals surface area contributed by atoms with E-state index in [1.165, 1.54) is 0 Å². The van der Waals surface area contributed by atoms with Crippen molar-refractivity contribution in [3.8, 4) is 0 Å². The van der Waals surface area contributed by atoms with Crippen molar-refractivity contribution in [3.05, 3.63) is 0 Å². The molecule has 0 N–H and O–H groups in total. The molecule has 0 bridgehead atoms. The molecular formula is C11H22N2O. The van der Waals surface area contributed by atoms with E-state index < -0.39 is 0 Å². The fourth-order valence-electron chi connectivity index (χ4n) is 2.23. The van der Waals surface area contributed by atoms with Crippen molar-refractivity contribution in [1.82, 2.24) is 9.80 Å². The second kappa shape index (κ2) is 5.35. The largest absolute Gasteiger partial charge is 0.341 e. The van der Waals surface area contributed by atoms with Gasteiger partial charge >= 0.3 is 0 Å². The Hall–Kier alpha value is -0.570. The first-order valence-corrected chi connectivity index (χ1v) is 5.74. The smallest absolute Gasteiger partial charge is 0.222 e. The van der Waals surface area contributed by atoms with Crippen molar-refractivity contribution in [1.29, 1.82) is 0 Å². The van der Waals surface area contributed by atoms with Crippen molar-refractivity contribution in [2.75, 3.05) is 26.2 Å². The molecular weight excluding hydrogens is 176 g/mol. The van der Waals surface area contributed by atoms with Crippen LogP contribution in [0.5, 0.6) is 0 Å². The van der Waals surface area contributed by atoms with Gasteiger partial charge in [0.2, 0.25) is 5.91 Å². The summed E-state index contributed by atoms with van der Waals surface area (Å²) in [5.74, 6) is 0.305. The number of nitrogens with zero attached hydrogens (tertiary/aromatic N) is 2. The number of hydrogen-bond acceptors (Lipinski definition) is 2. The van der Waals surface area contributed by atoms with Gasteiger partial charge in [0.05, 0.1) is 0 Å². The van der Waals surface area contributed by atoms with Crippen LogP contribution in [0.15, 0.2) is 0 Å². The Bertz CT molecular complexity index is 190. The SMILES string of the molecule is CCC(=O)N1CCC(N(CC)CC)C1. The van der Waals surface area contributed by atoms with Crippen LogP contribution >= 0.6 is 0 Å². The molecule has 0 saturated carbocycles. The van der Waals surface area contributed by atoms with Crippen molar-refractivity contribution in [3.63, 3.8) is 0 Å². The minimum absolute atomic E-state index is 0.305. The van der Waals surface area contributed by atoms with E-state index in [0.717, 1.165) is 32.6 Å². The van der Waals surface area contributed by atoms with Crippen molar-refractivity contribution in [2.45, 2.75) is 39.7 Å². The summed E-state index contributed by atoms with van der Waals surface area (Å²) in [5, 5.41) is 0. The van der Waals surface area contributed by atoms with E-state index in [9.17, 15) is 4.79 Å². The molecule has 1 aliphatic heterocycles. The molecule has 1 amide bonds. The third kappa shape index (κ3) is 2.47. The highest BCUT2D eigenvalue weighted by Gasteiger charge is 2.27. The molecule has 82 valence electrons. The van der Waals surface area contributed by atoms with Crippen molar-refractivity contribution >= 4 is 5.91 Å². The molecule has 0 aliphatic carbocycles. The summed E-state index contributed by atoms with van der Waals surface area (Å²) >= 11 is 0. The topological polar surface area (TPSA) is 23.6 Å². The molecule has 0 aromatic carbocycles. The minimum Gasteiger partial charge on any atom is -0.341 e. The fourth-order valence-corrected chi connectivity index (χ4v) is 2.23. The third-order valence-electron chi connectivity index (χ3n) is 3.15. The molecule has 14 heavy (non-hydrogen) atoms. The van der Waals surface area contributed by atoms with E-state index in [4.69, 9.17) is 0 Å². The zero-order valence-corrected chi connectivity index (χ0v) is 9.62. The quantitative estimate of drug-likeness (QED) is 0.680. The van der Waals surface area contributed by atoms with Crippen LogP contribution in [0.4, 0.5) is 0 Å². The lowest BCUT2D eigenvalue weighted by molar-refractivity contribution is -0.129. The first-order chi connectivity index (χ1) is 6.72. The summed E-state index contributed by atoms with van der Waals surface area (Å²) in [6.07, 6.45) is 1.79. The lowest BCUT2D eigenvalue weighted by Gasteiger charge is -2.26. The molecule has 1 atom stereocenters. The maximum absolute atomic E-state index is 11.5. The van der Waals surface area contributed by atoms with Gasteiger partial charge in [0.15, 0.2) is 0 Å². The molecule has 3 nitrogen and oxygen atoms in total. The molecule has 0 radical (unpaired) electrons. The number of likely N-dealkylation sites (N-methyl/N-ethyl adjacent to an activating group) is 1. The number of carbonyl (C=O) groups is 1. The van der Waals surface area contributed by atoms with Crippen LogP contribution in [-0.2, 0) is 4.79 Å². The molecule has 1 fully saturated rings. The van der Waals surface area contributed by atoms with Crippen LogP contribution in [0, 0.1) is 0 Å². The lowest BCUT2D eigenvalue weighted by atomic mass is 10.2. The van der Waals surface area contributed by atoms with Crippen LogP contribution in [0.1, 0.15) is 33.6 Å². The number of rotatable bonds is 4. The standard InChI is InChI=1S/C11H22N2O/c1-4-11(14)13-8-7-10(9-13)12(5-2)6-3/h10H,4-9H2,1-3H3. The molecule has 1 saturated heterocycles. The van der Waals surface area contributed by atoms with Crippen LogP contribution in [0.2, 0.25) is 0 Å². The highest BCUT2D eigenvalue weighted by atomic mass is 16.2. The predicted molar refractivity (Wildman–Crippen MR) is 58.2 cm³/mol. The Labute approximate surface area is 87.1 Å². The summed E-state index contributed by atoms with van der Waals surface area (Å²) in [7, 11) is 0. The maximum Gasteiger partial charge on any atom is 0.222 e. The Morgan fingerprint density at radius 1 is 1.36 bits per heavy atom. The molecule has 1 rings (SSSR count). The zero-order valence-electron chi connectivity index (χ0n) is 9.62. The molecule has 0 spiro atoms. The summed E-state index contributed by atoms with van der Waals surface area (Å²) in [6, 6.07) is 0.598. The monoisotopic (exact) mass is 198 g/mol. The summed E-state index contributed by atoms with van der Waals surface area (Å²) in [5.41, 5.74) is 0. The van der Waals surface area contributed by atoms with Crippen LogP contribution < -0.4 is 0 Å². The van der Waals surface area contributed by atoms with E-state index in [-0.39, 0.29) is 0 Å². The van der Waals surface area contributed by atoms with Gasteiger partial charge in [-0.15, -0.1) is 0 Å².